The number of carbonyl (C=O) groups excluding carboxylic acids is 1. The van der Waals surface area contributed by atoms with Gasteiger partial charge in [-0.05, 0) is 54.9 Å². The number of rotatable bonds is 11. The summed E-state index contributed by atoms with van der Waals surface area (Å²) in [5.74, 6) is 1.44. The molecule has 1 aromatic rings. The molecule has 0 bridgehead atoms. The number of ether oxygens (including phenoxy) is 1. The first-order valence-corrected chi connectivity index (χ1v) is 10.7. The van der Waals surface area contributed by atoms with Crippen molar-refractivity contribution >= 4 is 11.5 Å². The fourth-order valence-corrected chi connectivity index (χ4v) is 3.70. The van der Waals surface area contributed by atoms with Gasteiger partial charge in [0.05, 0.1) is 0 Å². The molecule has 144 valence electrons. The van der Waals surface area contributed by atoms with E-state index < -0.39 is 0 Å². The Balaban J connectivity index is 1.76. The Morgan fingerprint density at radius 2 is 1.73 bits per heavy atom. The summed E-state index contributed by atoms with van der Waals surface area (Å²) in [6, 6.07) is 8.08. The van der Waals surface area contributed by atoms with Gasteiger partial charge in [-0.25, -0.2) is 0 Å². The van der Waals surface area contributed by atoms with Gasteiger partial charge >= 0.3 is 5.97 Å². The Bertz CT molecular complexity index is 556. The molecule has 0 saturated heterocycles. The van der Waals surface area contributed by atoms with Crippen molar-refractivity contribution in [2.75, 3.05) is 0 Å². The topological polar surface area (TPSA) is 26.3 Å². The van der Waals surface area contributed by atoms with Gasteiger partial charge in [-0.1, -0.05) is 77.0 Å². The molecule has 1 aliphatic rings. The molecule has 2 heteroatoms. The van der Waals surface area contributed by atoms with Crippen LogP contribution in [-0.4, -0.2) is 5.97 Å². The molecule has 1 unspecified atom stereocenters. The monoisotopic (exact) mass is 356 g/mol. The zero-order valence-electron chi connectivity index (χ0n) is 16.8. The SMILES string of the molecule is CCCCCCCC(=O)Oc1ccc(C2=CCC(CCCC)CC2)cc1. The van der Waals surface area contributed by atoms with Gasteiger partial charge in [0.2, 0.25) is 0 Å². The van der Waals surface area contributed by atoms with E-state index in [-0.39, 0.29) is 5.97 Å². The lowest BCUT2D eigenvalue weighted by molar-refractivity contribution is -0.134. The fraction of sp³-hybridized carbons (Fsp3) is 0.625. The van der Waals surface area contributed by atoms with E-state index in [1.807, 2.05) is 12.1 Å². The standard InChI is InChI=1S/C24H36O2/c1-3-5-7-8-9-11-24(25)26-23-18-16-22(17-19-23)21-14-12-20(13-15-21)10-6-4-2/h14,16-20H,3-13,15H2,1-2H3. The average molecular weight is 357 g/mol. The van der Waals surface area contributed by atoms with Crippen molar-refractivity contribution in [3.05, 3.63) is 35.9 Å². The Morgan fingerprint density at radius 3 is 2.38 bits per heavy atom. The van der Waals surface area contributed by atoms with Crippen molar-refractivity contribution in [2.45, 2.75) is 90.9 Å². The van der Waals surface area contributed by atoms with E-state index in [0.717, 1.165) is 18.8 Å². The van der Waals surface area contributed by atoms with Crippen LogP contribution < -0.4 is 4.74 Å². The molecule has 0 aromatic heterocycles. The van der Waals surface area contributed by atoms with Gasteiger partial charge in [0, 0.05) is 6.42 Å². The highest BCUT2D eigenvalue weighted by molar-refractivity contribution is 5.73. The number of hydrogen-bond acceptors (Lipinski definition) is 2. The molecule has 0 radical (unpaired) electrons. The van der Waals surface area contributed by atoms with E-state index >= 15 is 0 Å². The summed E-state index contributed by atoms with van der Waals surface area (Å²) in [6.07, 6.45) is 16.4. The van der Waals surface area contributed by atoms with Crippen molar-refractivity contribution in [1.29, 1.82) is 0 Å². The molecule has 0 heterocycles. The average Bonchev–Trinajstić information content (AvgIpc) is 2.67. The Morgan fingerprint density at radius 1 is 1.00 bits per heavy atom. The van der Waals surface area contributed by atoms with Gasteiger partial charge in [0.1, 0.15) is 5.75 Å². The summed E-state index contributed by atoms with van der Waals surface area (Å²) in [5.41, 5.74) is 2.73. The third kappa shape index (κ3) is 7.35. The van der Waals surface area contributed by atoms with E-state index in [9.17, 15) is 4.79 Å². The maximum absolute atomic E-state index is 11.9. The quantitative estimate of drug-likeness (QED) is 0.236. The molecule has 2 nitrogen and oxygen atoms in total. The number of unbranched alkanes of at least 4 members (excludes halogenated alkanes) is 5. The van der Waals surface area contributed by atoms with Crippen LogP contribution >= 0.6 is 0 Å². The summed E-state index contributed by atoms with van der Waals surface area (Å²) in [6.45, 7) is 4.47. The predicted octanol–water partition coefficient (Wildman–Crippen LogP) is 7.33. The number of carbonyl (C=O) groups is 1. The molecule has 0 spiro atoms. The predicted molar refractivity (Wildman–Crippen MR) is 110 cm³/mol. The van der Waals surface area contributed by atoms with Gasteiger partial charge in [0.25, 0.3) is 0 Å². The van der Waals surface area contributed by atoms with Gasteiger partial charge < -0.3 is 4.74 Å². The van der Waals surface area contributed by atoms with E-state index in [2.05, 4.69) is 32.1 Å². The number of hydrogen-bond donors (Lipinski definition) is 0. The van der Waals surface area contributed by atoms with Gasteiger partial charge in [-0.2, -0.15) is 0 Å². The highest BCUT2D eigenvalue weighted by Crippen LogP contribution is 2.33. The van der Waals surface area contributed by atoms with Crippen LogP contribution in [0.25, 0.3) is 5.57 Å². The van der Waals surface area contributed by atoms with Crippen molar-refractivity contribution in [3.8, 4) is 5.75 Å². The van der Waals surface area contributed by atoms with Crippen molar-refractivity contribution < 1.29 is 9.53 Å². The van der Waals surface area contributed by atoms with Crippen LogP contribution in [0.2, 0.25) is 0 Å². The largest absolute Gasteiger partial charge is 0.427 e. The molecule has 26 heavy (non-hydrogen) atoms. The van der Waals surface area contributed by atoms with Crippen LogP contribution in [0.3, 0.4) is 0 Å². The first kappa shape index (κ1) is 20.7. The summed E-state index contributed by atoms with van der Waals surface area (Å²) in [5, 5.41) is 0. The molecule has 2 rings (SSSR count). The van der Waals surface area contributed by atoms with E-state index in [1.54, 1.807) is 0 Å². The number of benzene rings is 1. The Kier molecular flexibility index (Phi) is 9.52. The summed E-state index contributed by atoms with van der Waals surface area (Å²) < 4.78 is 5.47. The van der Waals surface area contributed by atoms with Crippen LogP contribution in [0.15, 0.2) is 30.3 Å². The van der Waals surface area contributed by atoms with E-state index in [0.29, 0.717) is 12.2 Å². The van der Waals surface area contributed by atoms with Gasteiger partial charge in [0.15, 0.2) is 0 Å². The molecule has 0 amide bonds. The second-order valence-corrected chi connectivity index (χ2v) is 7.67. The zero-order chi connectivity index (χ0) is 18.6. The maximum atomic E-state index is 11.9. The van der Waals surface area contributed by atoms with Crippen LogP contribution in [-0.2, 0) is 4.79 Å². The lowest BCUT2D eigenvalue weighted by atomic mass is 9.84. The molecule has 1 atom stereocenters. The van der Waals surface area contributed by atoms with Crippen molar-refractivity contribution in [2.24, 2.45) is 5.92 Å². The second kappa shape index (κ2) is 11.9. The maximum Gasteiger partial charge on any atom is 0.311 e. The first-order chi connectivity index (χ1) is 12.7. The third-order valence-corrected chi connectivity index (χ3v) is 5.43. The minimum atomic E-state index is -0.107. The molecule has 0 N–H and O–H groups in total. The highest BCUT2D eigenvalue weighted by atomic mass is 16.5. The number of allylic oxidation sites excluding steroid dienone is 2. The summed E-state index contributed by atoms with van der Waals surface area (Å²) in [7, 11) is 0. The summed E-state index contributed by atoms with van der Waals surface area (Å²) in [4.78, 5) is 11.9. The molecule has 0 aliphatic heterocycles. The Labute approximate surface area is 160 Å². The second-order valence-electron chi connectivity index (χ2n) is 7.67. The lowest BCUT2D eigenvalue weighted by Crippen LogP contribution is -2.08. The minimum absolute atomic E-state index is 0.107. The molecular formula is C24H36O2. The van der Waals surface area contributed by atoms with Crippen molar-refractivity contribution in [1.82, 2.24) is 0 Å². The molecule has 1 aliphatic carbocycles. The van der Waals surface area contributed by atoms with Crippen LogP contribution in [0, 0.1) is 5.92 Å². The minimum Gasteiger partial charge on any atom is -0.427 e. The fourth-order valence-electron chi connectivity index (χ4n) is 3.70. The lowest BCUT2D eigenvalue weighted by Gasteiger charge is -2.22. The van der Waals surface area contributed by atoms with Crippen molar-refractivity contribution in [3.63, 3.8) is 0 Å². The normalized spacial score (nSPS) is 17.0. The zero-order valence-corrected chi connectivity index (χ0v) is 16.8. The van der Waals surface area contributed by atoms with Crippen LogP contribution in [0.5, 0.6) is 5.75 Å². The van der Waals surface area contributed by atoms with E-state index in [1.165, 1.54) is 68.9 Å². The molecule has 1 aromatic carbocycles. The molecular weight excluding hydrogens is 320 g/mol. The molecule has 0 fully saturated rings. The van der Waals surface area contributed by atoms with E-state index in [4.69, 9.17) is 4.74 Å². The summed E-state index contributed by atoms with van der Waals surface area (Å²) >= 11 is 0. The van der Waals surface area contributed by atoms with Gasteiger partial charge in [-0.3, -0.25) is 4.79 Å². The number of esters is 1. The van der Waals surface area contributed by atoms with Crippen LogP contribution in [0.4, 0.5) is 0 Å². The smallest absolute Gasteiger partial charge is 0.311 e. The van der Waals surface area contributed by atoms with Crippen LogP contribution in [0.1, 0.15) is 96.5 Å². The Hall–Kier alpha value is -1.57. The van der Waals surface area contributed by atoms with Gasteiger partial charge in [-0.15, -0.1) is 0 Å². The highest BCUT2D eigenvalue weighted by Gasteiger charge is 2.15. The third-order valence-electron chi connectivity index (χ3n) is 5.43. The first-order valence-electron chi connectivity index (χ1n) is 10.7. The molecule has 0 saturated carbocycles.